The molecule has 30 heavy (non-hydrogen) atoms. The highest BCUT2D eigenvalue weighted by Crippen LogP contribution is 2.14. The molecule has 0 aliphatic rings. The molecule has 1 amide bonds. The lowest BCUT2D eigenvalue weighted by molar-refractivity contribution is -0.116. The molecule has 3 aromatic rings. The Labute approximate surface area is 175 Å². The molecule has 0 aliphatic carbocycles. The molecule has 9 heteroatoms. The lowest BCUT2D eigenvalue weighted by Crippen LogP contribution is -2.23. The Morgan fingerprint density at radius 2 is 1.90 bits per heavy atom. The molecule has 0 aliphatic heterocycles. The van der Waals surface area contributed by atoms with Crippen molar-refractivity contribution in [1.82, 2.24) is 19.8 Å². The summed E-state index contributed by atoms with van der Waals surface area (Å²) in [6, 6.07) is 10.5. The summed E-state index contributed by atoms with van der Waals surface area (Å²) in [6.45, 7) is 7.89. The quantitative estimate of drug-likeness (QED) is 0.541. The number of hydrogen-bond acceptors (Lipinski definition) is 7. The Morgan fingerprint density at radius 1 is 1.10 bits per heavy atom. The topological polar surface area (TPSA) is 102 Å². The minimum Gasteiger partial charge on any atom is -0.462 e. The second kappa shape index (κ2) is 9.82. The highest BCUT2D eigenvalue weighted by Gasteiger charge is 2.13. The van der Waals surface area contributed by atoms with Crippen molar-refractivity contribution in [3.05, 3.63) is 47.8 Å². The van der Waals surface area contributed by atoms with Crippen molar-refractivity contribution in [3.8, 4) is 0 Å². The van der Waals surface area contributed by atoms with Gasteiger partial charge in [0.15, 0.2) is 11.5 Å². The van der Waals surface area contributed by atoms with E-state index in [1.807, 2.05) is 12.1 Å². The van der Waals surface area contributed by atoms with Gasteiger partial charge < -0.3 is 15.0 Å². The van der Waals surface area contributed by atoms with Crippen LogP contribution in [0.5, 0.6) is 0 Å². The SMILES string of the molecule is CCOC(=O)c1cccc(NC(=O)CCc2nnc3ccc(N(CC)CC)nn23)c1. The van der Waals surface area contributed by atoms with Crippen LogP contribution in [-0.2, 0) is 16.0 Å². The number of rotatable bonds is 9. The van der Waals surface area contributed by atoms with Crippen molar-refractivity contribution in [3.63, 3.8) is 0 Å². The summed E-state index contributed by atoms with van der Waals surface area (Å²) in [7, 11) is 0. The second-order valence-electron chi connectivity index (χ2n) is 6.60. The van der Waals surface area contributed by atoms with Crippen LogP contribution < -0.4 is 10.2 Å². The van der Waals surface area contributed by atoms with E-state index in [9.17, 15) is 9.59 Å². The summed E-state index contributed by atoms with van der Waals surface area (Å²) in [5.74, 6) is 0.856. The van der Waals surface area contributed by atoms with Gasteiger partial charge in [0.1, 0.15) is 5.82 Å². The van der Waals surface area contributed by atoms with E-state index < -0.39 is 5.97 Å². The summed E-state index contributed by atoms with van der Waals surface area (Å²) in [6.07, 6.45) is 0.598. The van der Waals surface area contributed by atoms with E-state index in [2.05, 4.69) is 39.4 Å². The van der Waals surface area contributed by atoms with Crippen LogP contribution in [0.25, 0.3) is 5.65 Å². The maximum Gasteiger partial charge on any atom is 0.338 e. The van der Waals surface area contributed by atoms with Crippen LogP contribution in [0.1, 0.15) is 43.4 Å². The Morgan fingerprint density at radius 3 is 2.63 bits per heavy atom. The Hall–Kier alpha value is -3.49. The molecule has 1 aromatic carbocycles. The van der Waals surface area contributed by atoms with Crippen LogP contribution in [0.15, 0.2) is 36.4 Å². The number of benzene rings is 1. The van der Waals surface area contributed by atoms with Gasteiger partial charge in [-0.2, -0.15) is 4.52 Å². The van der Waals surface area contributed by atoms with Crippen molar-refractivity contribution in [2.24, 2.45) is 0 Å². The van der Waals surface area contributed by atoms with Gasteiger partial charge in [0.05, 0.1) is 12.2 Å². The third-order valence-electron chi connectivity index (χ3n) is 4.63. The van der Waals surface area contributed by atoms with Crippen LogP contribution in [0, 0.1) is 0 Å². The largest absolute Gasteiger partial charge is 0.462 e. The molecule has 2 heterocycles. The zero-order chi connectivity index (χ0) is 21.5. The molecule has 9 nitrogen and oxygen atoms in total. The first kappa shape index (κ1) is 21.2. The van der Waals surface area contributed by atoms with Crippen molar-refractivity contribution in [2.75, 3.05) is 29.9 Å². The number of esters is 1. The summed E-state index contributed by atoms with van der Waals surface area (Å²) >= 11 is 0. The molecule has 0 fully saturated rings. The Bertz CT molecular complexity index is 1030. The summed E-state index contributed by atoms with van der Waals surface area (Å²) in [5.41, 5.74) is 1.58. The molecule has 0 bridgehead atoms. The first-order valence-corrected chi connectivity index (χ1v) is 10.1. The number of fused-ring (bicyclic) bond motifs is 1. The molecule has 0 saturated carbocycles. The number of hydrogen-bond donors (Lipinski definition) is 1. The molecule has 3 rings (SSSR count). The lowest BCUT2D eigenvalue weighted by Gasteiger charge is -2.19. The van der Waals surface area contributed by atoms with Crippen LogP contribution in [0.3, 0.4) is 0 Å². The van der Waals surface area contributed by atoms with Gasteiger partial charge in [0.2, 0.25) is 5.91 Å². The maximum absolute atomic E-state index is 12.4. The highest BCUT2D eigenvalue weighted by atomic mass is 16.5. The molecule has 1 N–H and O–H groups in total. The fraction of sp³-hybridized carbons (Fsp3) is 0.381. The fourth-order valence-electron chi connectivity index (χ4n) is 3.08. The van der Waals surface area contributed by atoms with Crippen molar-refractivity contribution in [1.29, 1.82) is 0 Å². The number of amides is 1. The van der Waals surface area contributed by atoms with Gasteiger partial charge in [0.25, 0.3) is 0 Å². The Balaban J connectivity index is 1.66. The predicted octanol–water partition coefficient (Wildman–Crippen LogP) is 2.72. The smallest absolute Gasteiger partial charge is 0.338 e. The van der Waals surface area contributed by atoms with Crippen LogP contribution in [0.4, 0.5) is 11.5 Å². The van der Waals surface area contributed by atoms with Gasteiger partial charge in [0, 0.05) is 31.6 Å². The normalized spacial score (nSPS) is 10.8. The maximum atomic E-state index is 12.4. The number of aromatic nitrogens is 4. The van der Waals surface area contributed by atoms with Crippen LogP contribution in [-0.4, -0.2) is 51.4 Å². The van der Waals surface area contributed by atoms with Crippen molar-refractivity contribution in [2.45, 2.75) is 33.6 Å². The molecule has 158 valence electrons. The van der Waals surface area contributed by atoms with Crippen LogP contribution >= 0.6 is 0 Å². The first-order chi connectivity index (χ1) is 14.5. The summed E-state index contributed by atoms with van der Waals surface area (Å²) < 4.78 is 6.67. The van der Waals surface area contributed by atoms with Crippen molar-refractivity contribution >= 4 is 29.0 Å². The standard InChI is InChI=1S/C21H26N6O3/c1-4-26(5-2)19-11-10-17-23-24-18(27(17)25-19)12-13-20(28)22-16-9-7-8-15(14-16)21(29)30-6-3/h7-11,14H,4-6,12-13H2,1-3H3,(H,22,28). The molecule has 0 atom stereocenters. The van der Waals surface area contributed by atoms with E-state index in [1.54, 1.807) is 35.7 Å². The van der Waals surface area contributed by atoms with E-state index in [0.717, 1.165) is 18.9 Å². The monoisotopic (exact) mass is 410 g/mol. The predicted molar refractivity (Wildman–Crippen MR) is 114 cm³/mol. The highest BCUT2D eigenvalue weighted by molar-refractivity contribution is 5.94. The van der Waals surface area contributed by atoms with E-state index in [1.165, 1.54) is 0 Å². The average molecular weight is 410 g/mol. The molecule has 0 radical (unpaired) electrons. The van der Waals surface area contributed by atoms with Crippen LogP contribution in [0.2, 0.25) is 0 Å². The molecule has 2 aromatic heterocycles. The molecular weight excluding hydrogens is 384 g/mol. The number of aryl methyl sites for hydroxylation is 1. The van der Waals surface area contributed by atoms with E-state index in [0.29, 0.717) is 35.8 Å². The van der Waals surface area contributed by atoms with Gasteiger partial charge in [-0.05, 0) is 51.1 Å². The first-order valence-electron chi connectivity index (χ1n) is 10.1. The third kappa shape index (κ3) is 4.91. The number of anilines is 2. The molecule has 0 saturated heterocycles. The number of nitrogens with one attached hydrogen (secondary N) is 1. The number of nitrogens with zero attached hydrogens (tertiary/aromatic N) is 5. The Kier molecular flexibility index (Phi) is 6.95. The van der Waals surface area contributed by atoms with Gasteiger partial charge in [-0.25, -0.2) is 4.79 Å². The van der Waals surface area contributed by atoms with Gasteiger partial charge >= 0.3 is 5.97 Å². The average Bonchev–Trinajstić information content (AvgIpc) is 3.16. The van der Waals surface area contributed by atoms with Gasteiger partial charge in [-0.3, -0.25) is 4.79 Å². The van der Waals surface area contributed by atoms with Gasteiger partial charge in [-0.15, -0.1) is 15.3 Å². The lowest BCUT2D eigenvalue weighted by atomic mass is 10.2. The second-order valence-corrected chi connectivity index (χ2v) is 6.60. The molecule has 0 spiro atoms. The van der Waals surface area contributed by atoms with Crippen molar-refractivity contribution < 1.29 is 14.3 Å². The minimum atomic E-state index is -0.418. The summed E-state index contributed by atoms with van der Waals surface area (Å²) in [5, 5.41) is 15.7. The van der Waals surface area contributed by atoms with E-state index in [4.69, 9.17) is 4.74 Å². The van der Waals surface area contributed by atoms with E-state index >= 15 is 0 Å². The number of carbonyl (C=O) groups excluding carboxylic acids is 2. The minimum absolute atomic E-state index is 0.187. The zero-order valence-corrected chi connectivity index (χ0v) is 17.5. The fourth-order valence-corrected chi connectivity index (χ4v) is 3.08. The number of ether oxygens (including phenoxy) is 1. The molecular formula is C21H26N6O3. The third-order valence-corrected chi connectivity index (χ3v) is 4.63. The number of carbonyl (C=O) groups is 2. The summed E-state index contributed by atoms with van der Waals surface area (Å²) in [4.78, 5) is 26.4. The molecule has 0 unspecified atom stereocenters. The van der Waals surface area contributed by atoms with Gasteiger partial charge in [-0.1, -0.05) is 6.07 Å². The van der Waals surface area contributed by atoms with E-state index in [-0.39, 0.29) is 12.3 Å². The zero-order valence-electron chi connectivity index (χ0n) is 17.5.